The molecule has 6 nitrogen and oxygen atoms in total. The molecule has 0 saturated carbocycles. The number of hydrogen-bond donors (Lipinski definition) is 1. The molecule has 1 unspecified atom stereocenters. The molecule has 0 spiro atoms. The molecule has 3 aliphatic rings. The number of carbonyl (C=O) groups is 1. The second-order valence-corrected chi connectivity index (χ2v) is 4.46. The molecule has 3 rings (SSSR count). The minimum Gasteiger partial charge on any atom is -0.378 e. The Labute approximate surface area is 99.7 Å². The van der Waals surface area contributed by atoms with E-state index in [0.29, 0.717) is 25.7 Å². The first-order valence-electron chi connectivity index (χ1n) is 6.08. The van der Waals surface area contributed by atoms with Crippen LogP contribution in [0.25, 0.3) is 0 Å². The molecule has 17 heavy (non-hydrogen) atoms. The highest BCUT2D eigenvalue weighted by Gasteiger charge is 2.32. The van der Waals surface area contributed by atoms with Crippen molar-refractivity contribution >= 4 is 17.6 Å². The van der Waals surface area contributed by atoms with E-state index in [4.69, 9.17) is 4.74 Å². The number of amides is 1. The predicted octanol–water partition coefficient (Wildman–Crippen LogP) is -0.735. The number of aliphatic imine (C=N–C) groups is 2. The van der Waals surface area contributed by atoms with Crippen molar-refractivity contribution in [2.45, 2.75) is 6.42 Å². The average Bonchev–Trinajstić information content (AvgIpc) is 2.40. The third kappa shape index (κ3) is 2.10. The highest BCUT2D eigenvalue weighted by molar-refractivity contribution is 6.16. The number of ether oxygens (including phenoxy) is 1. The molecule has 1 atom stereocenters. The Morgan fingerprint density at radius 1 is 1.29 bits per heavy atom. The molecule has 92 valence electrons. The lowest BCUT2D eigenvalue weighted by atomic mass is 9.95. The van der Waals surface area contributed by atoms with Gasteiger partial charge in [0.05, 0.1) is 19.1 Å². The summed E-state index contributed by atoms with van der Waals surface area (Å²) in [6, 6.07) is 0. The smallest absolute Gasteiger partial charge is 0.259 e. The minimum absolute atomic E-state index is 0.0521. The fourth-order valence-electron chi connectivity index (χ4n) is 2.35. The standard InChI is InChI=1S/C11H16N4O2/c16-10-8-7-12-2-1-9(8)13-11(14-10)15-3-5-17-6-4-15/h8,12H,1-7H2. The van der Waals surface area contributed by atoms with Crippen molar-refractivity contribution in [2.75, 3.05) is 39.4 Å². The van der Waals surface area contributed by atoms with Crippen molar-refractivity contribution < 1.29 is 9.53 Å². The van der Waals surface area contributed by atoms with Crippen LogP contribution >= 0.6 is 0 Å². The van der Waals surface area contributed by atoms with Gasteiger partial charge in [-0.15, -0.1) is 0 Å². The first-order valence-corrected chi connectivity index (χ1v) is 6.08. The Morgan fingerprint density at radius 3 is 2.94 bits per heavy atom. The Kier molecular flexibility index (Phi) is 2.90. The van der Waals surface area contributed by atoms with Gasteiger partial charge in [-0.3, -0.25) is 4.79 Å². The van der Waals surface area contributed by atoms with Crippen LogP contribution in [-0.2, 0) is 9.53 Å². The molecule has 2 fully saturated rings. The minimum atomic E-state index is -0.131. The molecule has 3 aliphatic heterocycles. The van der Waals surface area contributed by atoms with Crippen LogP contribution in [0.5, 0.6) is 0 Å². The van der Waals surface area contributed by atoms with Crippen LogP contribution in [-0.4, -0.2) is 61.9 Å². The van der Waals surface area contributed by atoms with Gasteiger partial charge in [0, 0.05) is 31.9 Å². The molecule has 0 bridgehead atoms. The summed E-state index contributed by atoms with van der Waals surface area (Å²) in [7, 11) is 0. The third-order valence-corrected chi connectivity index (χ3v) is 3.35. The molecular formula is C11H16N4O2. The first-order chi connectivity index (χ1) is 8.34. The summed E-state index contributed by atoms with van der Waals surface area (Å²) in [6.45, 7) is 4.49. The fourth-order valence-corrected chi connectivity index (χ4v) is 2.35. The predicted molar refractivity (Wildman–Crippen MR) is 63.2 cm³/mol. The van der Waals surface area contributed by atoms with Gasteiger partial charge in [-0.1, -0.05) is 0 Å². The molecular weight excluding hydrogens is 220 g/mol. The number of rotatable bonds is 0. The van der Waals surface area contributed by atoms with Crippen LogP contribution in [0.1, 0.15) is 6.42 Å². The highest BCUT2D eigenvalue weighted by Crippen LogP contribution is 2.16. The first kappa shape index (κ1) is 10.9. The van der Waals surface area contributed by atoms with Gasteiger partial charge in [0.2, 0.25) is 5.96 Å². The van der Waals surface area contributed by atoms with E-state index in [-0.39, 0.29) is 11.8 Å². The van der Waals surface area contributed by atoms with Gasteiger partial charge in [-0.05, 0) is 6.42 Å². The van der Waals surface area contributed by atoms with Gasteiger partial charge >= 0.3 is 0 Å². The maximum atomic E-state index is 11.9. The Balaban J connectivity index is 1.81. The topological polar surface area (TPSA) is 66.3 Å². The van der Waals surface area contributed by atoms with Crippen LogP contribution in [0.4, 0.5) is 0 Å². The zero-order chi connectivity index (χ0) is 11.7. The van der Waals surface area contributed by atoms with E-state index in [9.17, 15) is 4.79 Å². The molecule has 0 aromatic carbocycles. The van der Waals surface area contributed by atoms with Gasteiger partial charge in [0.1, 0.15) is 0 Å². The van der Waals surface area contributed by atoms with Crippen LogP contribution in [0.15, 0.2) is 9.98 Å². The normalized spacial score (nSPS) is 29.5. The molecule has 0 aromatic rings. The van der Waals surface area contributed by atoms with E-state index in [2.05, 4.69) is 15.3 Å². The number of guanidine groups is 1. The summed E-state index contributed by atoms with van der Waals surface area (Å²) < 4.78 is 5.28. The Morgan fingerprint density at radius 2 is 2.12 bits per heavy atom. The van der Waals surface area contributed by atoms with Crippen molar-refractivity contribution in [3.8, 4) is 0 Å². The summed E-state index contributed by atoms with van der Waals surface area (Å²) in [5, 5.41) is 3.20. The summed E-state index contributed by atoms with van der Waals surface area (Å²) in [5.41, 5.74) is 0.991. The van der Waals surface area contributed by atoms with Gasteiger partial charge < -0.3 is 15.0 Å². The second kappa shape index (κ2) is 4.54. The van der Waals surface area contributed by atoms with Crippen molar-refractivity contribution in [3.05, 3.63) is 0 Å². The lowest BCUT2D eigenvalue weighted by Gasteiger charge is -2.32. The number of piperidine rings is 1. The zero-order valence-electron chi connectivity index (χ0n) is 9.69. The number of hydrogen-bond acceptors (Lipinski definition) is 5. The Bertz CT molecular complexity index is 385. The Hall–Kier alpha value is -1.27. The van der Waals surface area contributed by atoms with Crippen LogP contribution < -0.4 is 5.32 Å². The third-order valence-electron chi connectivity index (χ3n) is 3.35. The maximum Gasteiger partial charge on any atom is 0.259 e. The number of morpholine rings is 1. The van der Waals surface area contributed by atoms with Gasteiger partial charge in [0.15, 0.2) is 0 Å². The molecule has 1 amide bonds. The van der Waals surface area contributed by atoms with E-state index >= 15 is 0 Å². The summed E-state index contributed by atoms with van der Waals surface area (Å²) >= 11 is 0. The van der Waals surface area contributed by atoms with E-state index in [0.717, 1.165) is 31.8 Å². The summed E-state index contributed by atoms with van der Waals surface area (Å²) in [4.78, 5) is 22.6. The lowest BCUT2D eigenvalue weighted by molar-refractivity contribution is -0.119. The number of fused-ring (bicyclic) bond motifs is 1. The van der Waals surface area contributed by atoms with Crippen LogP contribution in [0.2, 0.25) is 0 Å². The number of nitrogens with zero attached hydrogens (tertiary/aromatic N) is 3. The van der Waals surface area contributed by atoms with E-state index < -0.39 is 0 Å². The zero-order valence-corrected chi connectivity index (χ0v) is 9.69. The van der Waals surface area contributed by atoms with Crippen molar-refractivity contribution in [2.24, 2.45) is 15.9 Å². The van der Waals surface area contributed by atoms with E-state index in [1.54, 1.807) is 0 Å². The monoisotopic (exact) mass is 236 g/mol. The molecule has 0 aromatic heterocycles. The van der Waals surface area contributed by atoms with Crippen LogP contribution in [0, 0.1) is 5.92 Å². The van der Waals surface area contributed by atoms with Crippen molar-refractivity contribution in [1.29, 1.82) is 0 Å². The van der Waals surface area contributed by atoms with Crippen molar-refractivity contribution in [3.63, 3.8) is 0 Å². The van der Waals surface area contributed by atoms with E-state index in [1.165, 1.54) is 0 Å². The number of nitrogens with one attached hydrogen (secondary N) is 1. The van der Waals surface area contributed by atoms with Gasteiger partial charge in [-0.25, -0.2) is 4.99 Å². The molecule has 0 radical (unpaired) electrons. The fraction of sp³-hybridized carbons (Fsp3) is 0.727. The van der Waals surface area contributed by atoms with Crippen molar-refractivity contribution in [1.82, 2.24) is 10.2 Å². The SMILES string of the molecule is O=C1N=C(N2CCOCC2)N=C2CCNCC12. The largest absolute Gasteiger partial charge is 0.378 e. The van der Waals surface area contributed by atoms with Crippen LogP contribution in [0.3, 0.4) is 0 Å². The van der Waals surface area contributed by atoms with Gasteiger partial charge in [-0.2, -0.15) is 4.99 Å². The average molecular weight is 236 g/mol. The maximum absolute atomic E-state index is 11.9. The summed E-state index contributed by atoms with van der Waals surface area (Å²) in [5.74, 6) is 0.406. The summed E-state index contributed by atoms with van der Waals surface area (Å²) in [6.07, 6.45) is 0.847. The molecule has 3 heterocycles. The van der Waals surface area contributed by atoms with E-state index in [1.807, 2.05) is 4.90 Å². The molecule has 0 aliphatic carbocycles. The number of carbonyl (C=O) groups excluding carboxylic acids is 1. The molecule has 6 heteroatoms. The quantitative estimate of drug-likeness (QED) is 0.602. The lowest BCUT2D eigenvalue weighted by Crippen LogP contribution is -2.47. The molecule has 1 N–H and O–H groups in total. The highest BCUT2D eigenvalue weighted by atomic mass is 16.5. The molecule has 2 saturated heterocycles. The second-order valence-electron chi connectivity index (χ2n) is 4.46. The van der Waals surface area contributed by atoms with Gasteiger partial charge in [0.25, 0.3) is 5.91 Å².